The number of anilines is 2. The van der Waals surface area contributed by atoms with Gasteiger partial charge in [0.25, 0.3) is 0 Å². The molecule has 4 heterocycles. The van der Waals surface area contributed by atoms with Crippen LogP contribution in [0.2, 0.25) is 0 Å². The Balaban J connectivity index is 1.24. The Kier molecular flexibility index (Phi) is 8.47. The smallest absolute Gasteiger partial charge is 0.407 e. The molecule has 0 aliphatic carbocycles. The summed E-state index contributed by atoms with van der Waals surface area (Å²) in [5, 5.41) is 2.96. The lowest BCUT2D eigenvalue weighted by atomic mass is 10.0. The summed E-state index contributed by atoms with van der Waals surface area (Å²) in [5.74, 6) is -0.606. The third kappa shape index (κ3) is 6.88. The van der Waals surface area contributed by atoms with E-state index in [1.165, 1.54) is 6.07 Å². The number of rotatable bonds is 6. The molecule has 0 bridgehead atoms. The maximum absolute atomic E-state index is 15.0. The van der Waals surface area contributed by atoms with E-state index >= 15 is 4.39 Å². The fraction of sp³-hybridized carbons (Fsp3) is 0.484. The fourth-order valence-electron chi connectivity index (χ4n) is 5.29. The van der Waals surface area contributed by atoms with Crippen LogP contribution in [0.25, 0.3) is 11.3 Å². The van der Waals surface area contributed by atoms with Gasteiger partial charge in [-0.25, -0.2) is 23.5 Å². The Hall–Kier alpha value is -4.02. The molecule has 42 heavy (non-hydrogen) atoms. The summed E-state index contributed by atoms with van der Waals surface area (Å²) in [6, 6.07) is 7.08. The SMILES string of the molecule is CC(C)N1CCOc2c(F)cc(-c3nc(Cc4ccc(N5CCC(NC(=O)OC(C)(C)C)CC5)cn4)ncc3F)cc21. The van der Waals surface area contributed by atoms with E-state index in [4.69, 9.17) is 9.47 Å². The molecule has 0 radical (unpaired) electrons. The molecular weight excluding hydrogens is 542 g/mol. The van der Waals surface area contributed by atoms with Crippen LogP contribution in [0.5, 0.6) is 5.75 Å². The minimum absolute atomic E-state index is 0.0375. The van der Waals surface area contributed by atoms with Gasteiger partial charge in [-0.05, 0) is 71.7 Å². The molecule has 1 amide bonds. The van der Waals surface area contributed by atoms with E-state index in [1.807, 2.05) is 51.7 Å². The highest BCUT2D eigenvalue weighted by atomic mass is 19.1. The second kappa shape index (κ2) is 12.1. The zero-order valence-electron chi connectivity index (χ0n) is 24.8. The number of carbonyl (C=O) groups excluding carboxylic acids is 1. The Bertz CT molecular complexity index is 1420. The number of fused-ring (bicyclic) bond motifs is 1. The first-order valence-corrected chi connectivity index (χ1v) is 14.4. The van der Waals surface area contributed by atoms with Gasteiger partial charge in [0.2, 0.25) is 0 Å². The molecule has 1 N–H and O–H groups in total. The molecule has 3 aromatic rings. The van der Waals surface area contributed by atoms with E-state index in [0.717, 1.165) is 43.5 Å². The number of halogens is 2. The van der Waals surface area contributed by atoms with Crippen LogP contribution in [0.15, 0.2) is 36.7 Å². The van der Waals surface area contributed by atoms with Crippen LogP contribution >= 0.6 is 0 Å². The van der Waals surface area contributed by atoms with Crippen molar-refractivity contribution in [2.24, 2.45) is 0 Å². The van der Waals surface area contributed by atoms with Crippen LogP contribution in [0.1, 0.15) is 59.0 Å². The summed E-state index contributed by atoms with van der Waals surface area (Å²) < 4.78 is 40.8. The van der Waals surface area contributed by atoms with Gasteiger partial charge in [-0.1, -0.05) is 0 Å². The molecule has 9 nitrogen and oxygen atoms in total. The lowest BCUT2D eigenvalue weighted by Gasteiger charge is -2.34. The number of benzene rings is 1. The number of ether oxygens (including phenoxy) is 2. The Morgan fingerprint density at radius 3 is 2.52 bits per heavy atom. The molecule has 1 saturated heterocycles. The molecule has 2 aromatic heterocycles. The summed E-state index contributed by atoms with van der Waals surface area (Å²) in [7, 11) is 0. The highest BCUT2D eigenvalue weighted by Gasteiger charge is 2.26. The third-order valence-electron chi connectivity index (χ3n) is 7.33. The number of pyridine rings is 1. The molecule has 0 atom stereocenters. The summed E-state index contributed by atoms with van der Waals surface area (Å²) >= 11 is 0. The predicted octanol–water partition coefficient (Wildman–Crippen LogP) is 5.51. The number of aromatic nitrogens is 3. The molecule has 0 spiro atoms. The first-order chi connectivity index (χ1) is 20.0. The van der Waals surface area contributed by atoms with Crippen molar-refractivity contribution in [3.63, 3.8) is 0 Å². The van der Waals surface area contributed by atoms with E-state index in [-0.39, 0.29) is 29.6 Å². The zero-order valence-corrected chi connectivity index (χ0v) is 24.8. The van der Waals surface area contributed by atoms with Gasteiger partial charge in [0.05, 0.1) is 36.7 Å². The molecular formula is C31H38F2N6O3. The van der Waals surface area contributed by atoms with Crippen molar-refractivity contribution in [2.75, 3.05) is 36.0 Å². The minimum Gasteiger partial charge on any atom is -0.486 e. The summed E-state index contributed by atoms with van der Waals surface area (Å²) in [5.41, 5.74) is 2.15. The van der Waals surface area contributed by atoms with E-state index in [1.54, 1.807) is 12.3 Å². The largest absolute Gasteiger partial charge is 0.486 e. The average Bonchev–Trinajstić information content (AvgIpc) is 2.93. The third-order valence-corrected chi connectivity index (χ3v) is 7.33. The number of hydrogen-bond donors (Lipinski definition) is 1. The van der Waals surface area contributed by atoms with Gasteiger partial charge in [-0.15, -0.1) is 0 Å². The first-order valence-electron chi connectivity index (χ1n) is 14.4. The van der Waals surface area contributed by atoms with Crippen LogP contribution in [0, 0.1) is 11.6 Å². The first kappa shape index (κ1) is 29.5. The number of carbonyl (C=O) groups is 1. The van der Waals surface area contributed by atoms with Crippen molar-refractivity contribution in [2.45, 2.75) is 71.6 Å². The second-order valence-electron chi connectivity index (χ2n) is 12.0. The highest BCUT2D eigenvalue weighted by molar-refractivity contribution is 5.72. The number of piperidine rings is 1. The van der Waals surface area contributed by atoms with Crippen molar-refractivity contribution in [3.05, 3.63) is 59.8 Å². The lowest BCUT2D eigenvalue weighted by molar-refractivity contribution is 0.0497. The highest BCUT2D eigenvalue weighted by Crippen LogP contribution is 2.39. The maximum atomic E-state index is 15.0. The van der Waals surface area contributed by atoms with Gasteiger partial charge in [0.1, 0.15) is 23.7 Å². The van der Waals surface area contributed by atoms with E-state index in [0.29, 0.717) is 36.6 Å². The second-order valence-corrected chi connectivity index (χ2v) is 12.0. The zero-order chi connectivity index (χ0) is 30.0. The molecule has 1 aromatic carbocycles. The molecule has 1 fully saturated rings. The van der Waals surface area contributed by atoms with Crippen LogP contribution in [0.3, 0.4) is 0 Å². The predicted molar refractivity (Wildman–Crippen MR) is 157 cm³/mol. The molecule has 224 valence electrons. The summed E-state index contributed by atoms with van der Waals surface area (Å²) in [4.78, 5) is 29.6. The van der Waals surface area contributed by atoms with Crippen LogP contribution < -0.4 is 19.9 Å². The number of hydrogen-bond acceptors (Lipinski definition) is 8. The number of amides is 1. The van der Waals surface area contributed by atoms with E-state index in [9.17, 15) is 9.18 Å². The van der Waals surface area contributed by atoms with Gasteiger partial charge in [0, 0.05) is 36.4 Å². The quantitative estimate of drug-likeness (QED) is 0.408. The summed E-state index contributed by atoms with van der Waals surface area (Å²) in [6.07, 6.45) is 4.44. The standard InChI is InChI=1S/C31H38F2N6O3/c1-19(2)39-12-13-41-29-24(32)14-20(15-26(29)39)28-25(33)18-35-27(37-28)16-22-6-7-23(17-34-22)38-10-8-21(9-11-38)36-30(40)42-31(3,4)5/h6-7,14-15,17-19,21H,8-13,16H2,1-5H3,(H,36,40). The normalized spacial score (nSPS) is 15.8. The average molecular weight is 581 g/mol. The Morgan fingerprint density at radius 2 is 1.86 bits per heavy atom. The lowest BCUT2D eigenvalue weighted by Crippen LogP contribution is -2.46. The van der Waals surface area contributed by atoms with Crippen LogP contribution in [-0.2, 0) is 11.2 Å². The van der Waals surface area contributed by atoms with E-state index in [2.05, 4.69) is 25.2 Å². The molecule has 0 saturated carbocycles. The van der Waals surface area contributed by atoms with E-state index < -0.39 is 17.2 Å². The van der Waals surface area contributed by atoms with Gasteiger partial charge < -0.3 is 24.6 Å². The molecule has 2 aliphatic heterocycles. The van der Waals surface area contributed by atoms with Crippen molar-refractivity contribution in [1.29, 1.82) is 0 Å². The maximum Gasteiger partial charge on any atom is 0.407 e. The van der Waals surface area contributed by atoms with Crippen molar-refractivity contribution in [1.82, 2.24) is 20.3 Å². The fourth-order valence-corrected chi connectivity index (χ4v) is 5.29. The van der Waals surface area contributed by atoms with Crippen molar-refractivity contribution in [3.8, 4) is 17.0 Å². The van der Waals surface area contributed by atoms with Crippen molar-refractivity contribution >= 4 is 17.5 Å². The topological polar surface area (TPSA) is 92.7 Å². The minimum atomic E-state index is -0.626. The molecule has 11 heteroatoms. The monoisotopic (exact) mass is 580 g/mol. The summed E-state index contributed by atoms with van der Waals surface area (Å²) in [6.45, 7) is 12.2. The van der Waals surface area contributed by atoms with Gasteiger partial charge in [0.15, 0.2) is 17.4 Å². The molecule has 0 unspecified atom stereocenters. The van der Waals surface area contributed by atoms with Gasteiger partial charge in [-0.2, -0.15) is 0 Å². The number of nitrogens with zero attached hydrogens (tertiary/aromatic N) is 5. The molecule has 2 aliphatic rings. The molecule has 5 rings (SSSR count). The van der Waals surface area contributed by atoms with Crippen molar-refractivity contribution < 1.29 is 23.0 Å². The number of nitrogens with one attached hydrogen (secondary N) is 1. The van der Waals surface area contributed by atoms with Gasteiger partial charge in [-0.3, -0.25) is 4.98 Å². The number of alkyl carbamates (subject to hydrolysis) is 1. The Morgan fingerprint density at radius 1 is 1.10 bits per heavy atom. The Labute approximate surface area is 245 Å². The van der Waals surface area contributed by atoms with Gasteiger partial charge >= 0.3 is 6.09 Å². The van der Waals surface area contributed by atoms with Crippen LogP contribution in [-0.4, -0.2) is 65.0 Å². The van der Waals surface area contributed by atoms with Crippen LogP contribution in [0.4, 0.5) is 25.0 Å².